The summed E-state index contributed by atoms with van der Waals surface area (Å²) in [6.07, 6.45) is 0.623. The summed E-state index contributed by atoms with van der Waals surface area (Å²) >= 11 is 0. The minimum atomic E-state index is -3.21. The minimum Gasteiger partial charge on any atom is -0.497 e. The van der Waals surface area contributed by atoms with E-state index in [1.54, 1.807) is 7.11 Å². The molecular weight excluding hydrogens is 338 g/mol. The van der Waals surface area contributed by atoms with Gasteiger partial charge in [0.1, 0.15) is 5.75 Å². The molecule has 0 spiro atoms. The van der Waals surface area contributed by atoms with Crippen molar-refractivity contribution in [3.05, 3.63) is 29.8 Å². The predicted molar refractivity (Wildman–Crippen MR) is 102 cm³/mol. The van der Waals surface area contributed by atoms with Gasteiger partial charge in [0.05, 0.1) is 12.9 Å². The average Bonchev–Trinajstić information content (AvgIpc) is 2.63. The van der Waals surface area contributed by atoms with E-state index in [4.69, 9.17) is 4.74 Å². The largest absolute Gasteiger partial charge is 0.497 e. The molecule has 0 radical (unpaired) electrons. The molecule has 1 aliphatic heterocycles. The maximum absolute atomic E-state index is 12.1. The van der Waals surface area contributed by atoms with Crippen LogP contribution < -0.4 is 9.46 Å². The molecule has 1 N–H and O–H groups in total. The summed E-state index contributed by atoms with van der Waals surface area (Å²) in [5.74, 6) is 0.983. The molecule has 7 heteroatoms. The summed E-state index contributed by atoms with van der Waals surface area (Å²) in [7, 11) is -1.57. The third-order valence-electron chi connectivity index (χ3n) is 4.76. The Balaban J connectivity index is 2.13. The lowest BCUT2D eigenvalue weighted by atomic mass is 10.0. The Morgan fingerprint density at radius 3 is 2.28 bits per heavy atom. The smallest absolute Gasteiger partial charge is 0.211 e. The first-order valence-corrected chi connectivity index (χ1v) is 10.7. The molecule has 1 aliphatic rings. The molecule has 1 heterocycles. The number of likely N-dealkylation sites (N-methyl/N-ethyl adjacent to an activating group) is 1. The number of methoxy groups -OCH3 is 1. The van der Waals surface area contributed by atoms with Crippen LogP contribution in [0.5, 0.6) is 5.75 Å². The molecule has 25 heavy (non-hydrogen) atoms. The number of hydrogen-bond donors (Lipinski definition) is 1. The fourth-order valence-electron chi connectivity index (χ4n) is 3.22. The van der Waals surface area contributed by atoms with E-state index in [2.05, 4.69) is 21.4 Å². The van der Waals surface area contributed by atoms with Gasteiger partial charge in [-0.15, -0.1) is 0 Å². The van der Waals surface area contributed by atoms with Crippen molar-refractivity contribution >= 4 is 10.0 Å². The predicted octanol–water partition coefficient (Wildman–Crippen LogP) is 1.70. The summed E-state index contributed by atoms with van der Waals surface area (Å²) in [5, 5.41) is 0. The van der Waals surface area contributed by atoms with Crippen molar-refractivity contribution in [3.63, 3.8) is 0 Å². The van der Waals surface area contributed by atoms with E-state index in [1.807, 2.05) is 31.2 Å². The molecule has 142 valence electrons. The van der Waals surface area contributed by atoms with E-state index < -0.39 is 10.0 Å². The van der Waals surface area contributed by atoms with E-state index in [0.29, 0.717) is 13.0 Å². The van der Waals surface area contributed by atoms with Crippen molar-refractivity contribution in [1.82, 2.24) is 14.5 Å². The lowest BCUT2D eigenvalue weighted by Gasteiger charge is -2.39. The fourth-order valence-corrected chi connectivity index (χ4v) is 4.32. The first-order chi connectivity index (χ1) is 12.0. The zero-order valence-corrected chi connectivity index (χ0v) is 16.4. The molecule has 2 rings (SSSR count). The summed E-state index contributed by atoms with van der Waals surface area (Å²) < 4.78 is 32.2. The lowest BCUT2D eigenvalue weighted by Crippen LogP contribution is -2.49. The first kappa shape index (κ1) is 20.2. The van der Waals surface area contributed by atoms with Crippen molar-refractivity contribution in [2.45, 2.75) is 26.3 Å². The zero-order chi connectivity index (χ0) is 18.3. The average molecular weight is 370 g/mol. The van der Waals surface area contributed by atoms with Crippen LogP contribution in [-0.2, 0) is 10.0 Å². The van der Waals surface area contributed by atoms with Crippen LogP contribution in [0.4, 0.5) is 0 Å². The molecule has 0 amide bonds. The van der Waals surface area contributed by atoms with Crippen LogP contribution in [0.15, 0.2) is 24.3 Å². The highest BCUT2D eigenvalue weighted by Crippen LogP contribution is 2.24. The van der Waals surface area contributed by atoms with Gasteiger partial charge in [-0.2, -0.15) is 0 Å². The standard InChI is InChI=1S/C18H31N3O3S/c1-4-14-25(22,23)19-15-18(16-6-8-17(24-3)9-7-16)21-12-10-20(5-2)11-13-21/h6-9,18-19H,4-5,10-15H2,1-3H3. The number of rotatable bonds is 9. The maximum Gasteiger partial charge on any atom is 0.211 e. The molecule has 1 fully saturated rings. The van der Waals surface area contributed by atoms with E-state index in [9.17, 15) is 8.42 Å². The van der Waals surface area contributed by atoms with Crippen LogP contribution in [0, 0.1) is 0 Å². The summed E-state index contributed by atoms with van der Waals surface area (Å²) in [5.41, 5.74) is 1.12. The van der Waals surface area contributed by atoms with Gasteiger partial charge in [-0.1, -0.05) is 26.0 Å². The zero-order valence-electron chi connectivity index (χ0n) is 15.6. The second kappa shape index (κ2) is 9.52. The van der Waals surface area contributed by atoms with Gasteiger partial charge in [0.15, 0.2) is 0 Å². The molecule has 0 saturated carbocycles. The van der Waals surface area contributed by atoms with Crippen LogP contribution in [0.3, 0.4) is 0 Å². The van der Waals surface area contributed by atoms with E-state index in [1.165, 1.54) is 0 Å². The molecular formula is C18H31N3O3S. The Bertz CT molecular complexity index is 611. The Labute approximate surface area is 152 Å². The highest BCUT2D eigenvalue weighted by Gasteiger charge is 2.26. The number of nitrogens with one attached hydrogen (secondary N) is 1. The molecule has 0 aliphatic carbocycles. The highest BCUT2D eigenvalue weighted by molar-refractivity contribution is 7.89. The van der Waals surface area contributed by atoms with E-state index in [-0.39, 0.29) is 11.8 Å². The highest BCUT2D eigenvalue weighted by atomic mass is 32.2. The van der Waals surface area contributed by atoms with Crippen molar-refractivity contribution in [1.29, 1.82) is 0 Å². The number of nitrogens with zero attached hydrogens (tertiary/aromatic N) is 2. The second-order valence-electron chi connectivity index (χ2n) is 6.43. The van der Waals surface area contributed by atoms with E-state index >= 15 is 0 Å². The number of piperazine rings is 1. The Morgan fingerprint density at radius 1 is 1.12 bits per heavy atom. The molecule has 1 unspecified atom stereocenters. The molecule has 1 atom stereocenters. The lowest BCUT2D eigenvalue weighted by molar-refractivity contribution is 0.100. The quantitative estimate of drug-likeness (QED) is 0.718. The molecule has 6 nitrogen and oxygen atoms in total. The van der Waals surface area contributed by atoms with Gasteiger partial charge >= 0.3 is 0 Å². The summed E-state index contributed by atoms with van der Waals surface area (Å²) in [4.78, 5) is 4.80. The summed E-state index contributed by atoms with van der Waals surface area (Å²) in [6, 6.07) is 7.97. The minimum absolute atomic E-state index is 0.0385. The van der Waals surface area contributed by atoms with Gasteiger partial charge in [-0.25, -0.2) is 13.1 Å². The van der Waals surface area contributed by atoms with Crippen molar-refractivity contribution in [2.24, 2.45) is 0 Å². The van der Waals surface area contributed by atoms with Gasteiger partial charge < -0.3 is 9.64 Å². The van der Waals surface area contributed by atoms with Crippen molar-refractivity contribution in [2.75, 3.05) is 52.1 Å². The van der Waals surface area contributed by atoms with Gasteiger partial charge in [0, 0.05) is 38.8 Å². The second-order valence-corrected chi connectivity index (χ2v) is 8.35. The summed E-state index contributed by atoms with van der Waals surface area (Å²) in [6.45, 7) is 9.44. The van der Waals surface area contributed by atoms with Gasteiger partial charge in [-0.05, 0) is 30.7 Å². The molecule has 1 aromatic carbocycles. The monoisotopic (exact) mass is 369 g/mol. The number of hydrogen-bond acceptors (Lipinski definition) is 5. The Kier molecular flexibility index (Phi) is 7.68. The maximum atomic E-state index is 12.1. The van der Waals surface area contributed by atoms with Crippen LogP contribution >= 0.6 is 0 Å². The van der Waals surface area contributed by atoms with Crippen LogP contribution in [-0.4, -0.2) is 70.3 Å². The molecule has 1 saturated heterocycles. The van der Waals surface area contributed by atoms with E-state index in [0.717, 1.165) is 44.0 Å². The number of benzene rings is 1. The van der Waals surface area contributed by atoms with Crippen molar-refractivity contribution < 1.29 is 13.2 Å². The topological polar surface area (TPSA) is 61.9 Å². The van der Waals surface area contributed by atoms with Crippen LogP contribution in [0.1, 0.15) is 31.9 Å². The third-order valence-corrected chi connectivity index (χ3v) is 6.32. The third kappa shape index (κ3) is 5.95. The first-order valence-electron chi connectivity index (χ1n) is 9.06. The number of ether oxygens (including phenoxy) is 1. The number of sulfonamides is 1. The fraction of sp³-hybridized carbons (Fsp3) is 0.667. The Hall–Kier alpha value is -1.15. The van der Waals surface area contributed by atoms with Gasteiger partial charge in [0.2, 0.25) is 10.0 Å². The molecule has 1 aromatic rings. The molecule has 0 aromatic heterocycles. The SMILES string of the molecule is CCCS(=O)(=O)NCC(c1ccc(OC)cc1)N1CCN(CC)CC1. The van der Waals surface area contributed by atoms with Gasteiger partial charge in [-0.3, -0.25) is 4.90 Å². The Morgan fingerprint density at radius 2 is 1.76 bits per heavy atom. The van der Waals surface area contributed by atoms with Gasteiger partial charge in [0.25, 0.3) is 0 Å². The molecule has 0 bridgehead atoms. The van der Waals surface area contributed by atoms with Crippen LogP contribution in [0.25, 0.3) is 0 Å². The normalized spacial score (nSPS) is 18.2. The van der Waals surface area contributed by atoms with Crippen molar-refractivity contribution in [3.8, 4) is 5.75 Å². The van der Waals surface area contributed by atoms with Crippen LogP contribution in [0.2, 0.25) is 0 Å².